The molecule has 0 radical (unpaired) electrons. The first-order valence-electron chi connectivity index (χ1n) is 8.37. The molecule has 1 aliphatic heterocycles. The number of piperazine rings is 1. The largest absolute Gasteiger partial charge is 0.418 e. The number of nitrogens with one attached hydrogen (secondary N) is 1. The molecule has 6 nitrogen and oxygen atoms in total. The lowest BCUT2D eigenvalue weighted by atomic mass is 10.0. The minimum Gasteiger partial charge on any atom is -0.383 e. The van der Waals surface area contributed by atoms with Gasteiger partial charge in [0.2, 0.25) is 5.78 Å². The van der Waals surface area contributed by atoms with Gasteiger partial charge in [-0.15, -0.1) is 0 Å². The van der Waals surface area contributed by atoms with E-state index in [1.807, 2.05) is 0 Å². The zero-order valence-electron chi connectivity index (χ0n) is 14.7. The van der Waals surface area contributed by atoms with Gasteiger partial charge in [-0.1, -0.05) is 0 Å². The maximum absolute atomic E-state index is 13.4. The fourth-order valence-corrected chi connectivity index (χ4v) is 2.94. The molecule has 1 atom stereocenters. The van der Waals surface area contributed by atoms with Crippen molar-refractivity contribution in [3.8, 4) is 0 Å². The second-order valence-corrected chi connectivity index (χ2v) is 6.32. The summed E-state index contributed by atoms with van der Waals surface area (Å²) in [5.41, 5.74) is 3.04. The number of halogens is 6. The van der Waals surface area contributed by atoms with E-state index < -0.39 is 42.0 Å². The third-order valence-electron chi connectivity index (χ3n) is 4.38. The van der Waals surface area contributed by atoms with Gasteiger partial charge in [0.25, 0.3) is 0 Å². The third-order valence-corrected chi connectivity index (χ3v) is 4.38. The van der Waals surface area contributed by atoms with Gasteiger partial charge in [0.15, 0.2) is 0 Å². The van der Waals surface area contributed by atoms with E-state index in [9.17, 15) is 31.1 Å². The normalized spacial score (nSPS) is 18.0. The molecule has 0 aliphatic carbocycles. The Balaban J connectivity index is 0.00000240. The van der Waals surface area contributed by atoms with Gasteiger partial charge in [0, 0.05) is 28.7 Å². The van der Waals surface area contributed by atoms with Crippen LogP contribution in [0, 0.1) is 0 Å². The summed E-state index contributed by atoms with van der Waals surface area (Å²) in [4.78, 5) is 21.3. The summed E-state index contributed by atoms with van der Waals surface area (Å²) in [7, 11) is 0. The maximum atomic E-state index is 13.4. The van der Waals surface area contributed by atoms with E-state index >= 15 is 0 Å². The molecular weight excluding hydrogens is 404 g/mol. The molecular formula is C17H19F6N5O. The second-order valence-electron chi connectivity index (χ2n) is 6.32. The zero-order chi connectivity index (χ0) is 21.4. The smallest absolute Gasteiger partial charge is 0.383 e. The first-order chi connectivity index (χ1) is 13.5. The van der Waals surface area contributed by atoms with Crippen LogP contribution in [0.25, 0.3) is 0 Å². The van der Waals surface area contributed by atoms with Crippen molar-refractivity contribution in [3.05, 3.63) is 47.3 Å². The lowest BCUT2D eigenvalue weighted by Gasteiger charge is -2.35. The number of rotatable bonds is 3. The van der Waals surface area contributed by atoms with E-state index in [-0.39, 0.29) is 33.1 Å². The number of aromatic nitrogens is 2. The predicted octanol–water partition coefficient (Wildman–Crippen LogP) is 3.14. The Labute approximate surface area is 163 Å². The zero-order valence-corrected chi connectivity index (χ0v) is 14.7. The molecule has 2 aromatic rings. The second kappa shape index (κ2) is 7.50. The van der Waals surface area contributed by atoms with Gasteiger partial charge < -0.3 is 16.0 Å². The van der Waals surface area contributed by atoms with Crippen molar-refractivity contribution in [2.75, 3.05) is 30.3 Å². The standard InChI is InChI=1S/C17H15F6N5O.2H2/c18-16(19,20)10-3-4-12(28-7-6-25-11(8-28)17(21,22)23)27-13(10)14(29)9-2-1-5-26-15(9)24;;/h1-5,11,25H,6-8H2,(H2,24,26);2*1H. The summed E-state index contributed by atoms with van der Waals surface area (Å²) in [6, 6.07) is 2.24. The average Bonchev–Trinajstić information content (AvgIpc) is 2.66. The molecule has 0 spiro atoms. The summed E-state index contributed by atoms with van der Waals surface area (Å²) >= 11 is 0. The fourth-order valence-electron chi connectivity index (χ4n) is 2.94. The molecule has 2 aromatic heterocycles. The Morgan fingerprint density at radius 1 is 1.21 bits per heavy atom. The van der Waals surface area contributed by atoms with Gasteiger partial charge >= 0.3 is 12.4 Å². The molecule has 1 saturated heterocycles. The van der Waals surface area contributed by atoms with Crippen LogP contribution >= 0.6 is 0 Å². The van der Waals surface area contributed by atoms with Crippen molar-refractivity contribution >= 4 is 17.4 Å². The van der Waals surface area contributed by atoms with Crippen LogP contribution in [0.15, 0.2) is 30.5 Å². The molecule has 1 unspecified atom stereocenters. The number of pyridine rings is 2. The molecule has 1 aliphatic rings. The van der Waals surface area contributed by atoms with Crippen LogP contribution in [0.2, 0.25) is 0 Å². The fraction of sp³-hybridized carbons (Fsp3) is 0.353. The molecule has 3 rings (SSSR count). The van der Waals surface area contributed by atoms with Gasteiger partial charge in [-0.3, -0.25) is 4.79 Å². The monoisotopic (exact) mass is 423 g/mol. The van der Waals surface area contributed by atoms with E-state index in [0.29, 0.717) is 6.07 Å². The molecule has 0 bridgehead atoms. The Bertz CT molecular complexity index is 925. The van der Waals surface area contributed by atoms with Crippen molar-refractivity contribution < 1.29 is 34.0 Å². The number of alkyl halides is 6. The van der Waals surface area contributed by atoms with E-state index in [2.05, 4.69) is 15.3 Å². The highest BCUT2D eigenvalue weighted by molar-refractivity contribution is 6.11. The van der Waals surface area contributed by atoms with Crippen molar-refractivity contribution in [2.24, 2.45) is 0 Å². The SMILES string of the molecule is Nc1ncccc1C(=O)c1nc(N2CCNC(C(F)(F)F)C2)ccc1C(F)(F)F.[HH].[HH]. The van der Waals surface area contributed by atoms with E-state index in [0.717, 1.165) is 6.07 Å². The summed E-state index contributed by atoms with van der Waals surface area (Å²) < 4.78 is 79.2. The lowest BCUT2D eigenvalue weighted by molar-refractivity contribution is -0.155. The predicted molar refractivity (Wildman–Crippen MR) is 95.6 cm³/mol. The molecule has 0 saturated carbocycles. The topological polar surface area (TPSA) is 84.1 Å². The quantitative estimate of drug-likeness (QED) is 0.583. The first kappa shape index (κ1) is 20.8. The van der Waals surface area contributed by atoms with Crippen LogP contribution < -0.4 is 16.0 Å². The first-order valence-corrected chi connectivity index (χ1v) is 8.37. The Morgan fingerprint density at radius 2 is 1.93 bits per heavy atom. The maximum Gasteiger partial charge on any atom is 0.418 e. The van der Waals surface area contributed by atoms with Crippen LogP contribution in [-0.4, -0.2) is 47.6 Å². The third kappa shape index (κ3) is 4.42. The Kier molecular flexibility index (Phi) is 5.39. The van der Waals surface area contributed by atoms with E-state index in [1.54, 1.807) is 0 Å². The van der Waals surface area contributed by atoms with Crippen molar-refractivity contribution in [1.29, 1.82) is 0 Å². The number of carbonyl (C=O) groups excluding carboxylic acids is 1. The Morgan fingerprint density at radius 3 is 2.55 bits per heavy atom. The molecule has 29 heavy (non-hydrogen) atoms. The Hall–Kier alpha value is -2.89. The molecule has 3 heterocycles. The van der Waals surface area contributed by atoms with Gasteiger partial charge in [-0.05, 0) is 24.3 Å². The summed E-state index contributed by atoms with van der Waals surface area (Å²) in [5.74, 6) is -1.57. The summed E-state index contributed by atoms with van der Waals surface area (Å²) in [6.07, 6.45) is -8.17. The number of hydrogen-bond acceptors (Lipinski definition) is 6. The van der Waals surface area contributed by atoms with Crippen molar-refractivity contribution in [2.45, 2.75) is 18.4 Å². The highest BCUT2D eigenvalue weighted by Gasteiger charge is 2.43. The van der Waals surface area contributed by atoms with Crippen LogP contribution in [0.3, 0.4) is 0 Å². The minimum absolute atomic E-state index is 0. The number of nitrogen functional groups attached to an aromatic ring is 1. The van der Waals surface area contributed by atoms with Crippen LogP contribution in [-0.2, 0) is 6.18 Å². The lowest BCUT2D eigenvalue weighted by Crippen LogP contribution is -2.57. The van der Waals surface area contributed by atoms with Crippen molar-refractivity contribution in [1.82, 2.24) is 15.3 Å². The van der Waals surface area contributed by atoms with Gasteiger partial charge in [0.1, 0.15) is 23.4 Å². The van der Waals surface area contributed by atoms with E-state index in [4.69, 9.17) is 5.73 Å². The van der Waals surface area contributed by atoms with Gasteiger partial charge in [-0.2, -0.15) is 26.3 Å². The van der Waals surface area contributed by atoms with E-state index in [1.165, 1.54) is 23.2 Å². The molecule has 3 N–H and O–H groups in total. The summed E-state index contributed by atoms with van der Waals surface area (Å²) in [5, 5.41) is 2.30. The van der Waals surface area contributed by atoms with Gasteiger partial charge in [-0.25, -0.2) is 9.97 Å². The highest BCUT2D eigenvalue weighted by atomic mass is 19.4. The minimum atomic E-state index is -4.90. The van der Waals surface area contributed by atoms with Crippen LogP contribution in [0.1, 0.15) is 24.5 Å². The molecule has 12 heteroatoms. The summed E-state index contributed by atoms with van der Waals surface area (Å²) in [6.45, 7) is -0.524. The average molecular weight is 423 g/mol. The number of carbonyl (C=O) groups is 1. The number of hydrogen-bond donors (Lipinski definition) is 2. The number of nitrogens with two attached hydrogens (primary N) is 1. The number of nitrogens with zero attached hydrogens (tertiary/aromatic N) is 3. The molecule has 0 amide bonds. The molecule has 160 valence electrons. The molecule has 1 fully saturated rings. The van der Waals surface area contributed by atoms with Crippen molar-refractivity contribution in [3.63, 3.8) is 0 Å². The number of ketones is 1. The van der Waals surface area contributed by atoms with Crippen LogP contribution in [0.4, 0.5) is 38.0 Å². The molecule has 0 aromatic carbocycles. The van der Waals surface area contributed by atoms with Gasteiger partial charge in [0.05, 0.1) is 11.1 Å². The highest BCUT2D eigenvalue weighted by Crippen LogP contribution is 2.34. The van der Waals surface area contributed by atoms with Crippen LogP contribution in [0.5, 0.6) is 0 Å². The number of anilines is 2.